The van der Waals surface area contributed by atoms with Crippen molar-refractivity contribution in [2.24, 2.45) is 5.41 Å². The summed E-state index contributed by atoms with van der Waals surface area (Å²) in [7, 11) is 1.66. The molecule has 0 aliphatic heterocycles. The molecule has 0 saturated heterocycles. The minimum Gasteiger partial charge on any atom is -0.460 e. The third kappa shape index (κ3) is 3.67. The molecule has 2 rings (SSSR count). The van der Waals surface area contributed by atoms with Gasteiger partial charge in [0.15, 0.2) is 11.6 Å². The normalized spacial score (nSPS) is 21.1. The molecule has 1 aromatic carbocycles. The van der Waals surface area contributed by atoms with Gasteiger partial charge in [-0.1, -0.05) is 30.3 Å². The maximum absolute atomic E-state index is 12.4. The number of ether oxygens (including phenoxy) is 1. The number of hydrogen-bond donors (Lipinski definition) is 1. The van der Waals surface area contributed by atoms with Gasteiger partial charge in [-0.3, -0.25) is 14.4 Å². The molecule has 1 aromatic rings. The van der Waals surface area contributed by atoms with Gasteiger partial charge < -0.3 is 10.1 Å². The van der Waals surface area contributed by atoms with Crippen LogP contribution in [-0.2, 0) is 25.7 Å². The standard InChI is InChI=1S/C18H21NO4/c1-12(19-3)16-14(20)9-18(2,10-15(16)21)17(22)23-11-13-7-5-4-6-8-13/h4-8,19H,9-11H2,1-3H3. The monoisotopic (exact) mass is 315 g/mol. The van der Waals surface area contributed by atoms with Crippen LogP contribution in [0.3, 0.4) is 0 Å². The zero-order chi connectivity index (χ0) is 17.0. The van der Waals surface area contributed by atoms with E-state index in [-0.39, 0.29) is 36.6 Å². The molecule has 0 amide bonds. The van der Waals surface area contributed by atoms with E-state index >= 15 is 0 Å². The maximum atomic E-state index is 12.4. The third-order valence-corrected chi connectivity index (χ3v) is 4.11. The van der Waals surface area contributed by atoms with E-state index in [1.54, 1.807) is 20.9 Å². The van der Waals surface area contributed by atoms with Crippen LogP contribution in [0.4, 0.5) is 0 Å². The number of carbonyl (C=O) groups excluding carboxylic acids is 3. The molecule has 5 heteroatoms. The lowest BCUT2D eigenvalue weighted by Crippen LogP contribution is -2.41. The van der Waals surface area contributed by atoms with Crippen LogP contribution in [0.5, 0.6) is 0 Å². The van der Waals surface area contributed by atoms with E-state index in [0.29, 0.717) is 5.70 Å². The highest BCUT2D eigenvalue weighted by Crippen LogP contribution is 2.36. The molecule has 1 aliphatic carbocycles. The molecule has 1 N–H and O–H groups in total. The Hall–Kier alpha value is -2.43. The zero-order valence-electron chi connectivity index (χ0n) is 13.6. The van der Waals surface area contributed by atoms with Gasteiger partial charge in [-0.05, 0) is 19.4 Å². The number of ketones is 2. The van der Waals surface area contributed by atoms with Crippen LogP contribution in [0, 0.1) is 5.41 Å². The van der Waals surface area contributed by atoms with Crippen LogP contribution in [0.25, 0.3) is 0 Å². The van der Waals surface area contributed by atoms with Gasteiger partial charge in [0.25, 0.3) is 0 Å². The summed E-state index contributed by atoms with van der Waals surface area (Å²) in [6.45, 7) is 3.43. The Kier molecular flexibility index (Phi) is 4.98. The lowest BCUT2D eigenvalue weighted by atomic mass is 9.72. The van der Waals surface area contributed by atoms with E-state index in [0.717, 1.165) is 5.56 Å². The predicted octanol–water partition coefficient (Wildman–Crippen LogP) is 2.16. The van der Waals surface area contributed by atoms with E-state index < -0.39 is 11.4 Å². The molecule has 1 fully saturated rings. The van der Waals surface area contributed by atoms with E-state index in [4.69, 9.17) is 4.74 Å². The molecule has 1 aliphatic rings. The summed E-state index contributed by atoms with van der Waals surface area (Å²) in [4.78, 5) is 36.9. The molecule has 0 bridgehead atoms. The number of rotatable bonds is 4. The molecule has 0 aromatic heterocycles. The summed E-state index contributed by atoms with van der Waals surface area (Å²) in [5.41, 5.74) is 0.477. The minimum atomic E-state index is -1.10. The first kappa shape index (κ1) is 16.9. The van der Waals surface area contributed by atoms with Gasteiger partial charge in [-0.2, -0.15) is 0 Å². The number of benzene rings is 1. The Bertz CT molecular complexity index is 641. The fraction of sp³-hybridized carbons (Fsp3) is 0.389. The van der Waals surface area contributed by atoms with Crippen molar-refractivity contribution in [1.29, 1.82) is 0 Å². The summed E-state index contributed by atoms with van der Waals surface area (Å²) in [5.74, 6) is -1.14. The summed E-state index contributed by atoms with van der Waals surface area (Å²) in [6, 6.07) is 9.29. The quantitative estimate of drug-likeness (QED) is 0.524. The summed E-state index contributed by atoms with van der Waals surface area (Å²) >= 11 is 0. The SMILES string of the molecule is CNC(C)=C1C(=O)CC(C)(C(=O)OCc2ccccc2)CC1=O. The van der Waals surface area contributed by atoms with Crippen molar-refractivity contribution < 1.29 is 19.1 Å². The molecule has 122 valence electrons. The first-order valence-corrected chi connectivity index (χ1v) is 7.53. The Morgan fingerprint density at radius 1 is 1.17 bits per heavy atom. The lowest BCUT2D eigenvalue weighted by Gasteiger charge is -2.31. The van der Waals surface area contributed by atoms with Crippen molar-refractivity contribution >= 4 is 17.5 Å². The molecule has 0 radical (unpaired) electrons. The van der Waals surface area contributed by atoms with Crippen LogP contribution < -0.4 is 5.32 Å². The molecule has 0 spiro atoms. The summed E-state index contributed by atoms with van der Waals surface area (Å²) in [6.07, 6.45) is -0.0264. The largest absolute Gasteiger partial charge is 0.460 e. The average Bonchev–Trinajstić information content (AvgIpc) is 2.52. The zero-order valence-corrected chi connectivity index (χ0v) is 13.6. The number of nitrogens with one attached hydrogen (secondary N) is 1. The van der Waals surface area contributed by atoms with Crippen molar-refractivity contribution in [3.8, 4) is 0 Å². The van der Waals surface area contributed by atoms with Gasteiger partial charge in [0.05, 0.1) is 11.0 Å². The van der Waals surface area contributed by atoms with E-state index in [1.807, 2.05) is 30.3 Å². The fourth-order valence-corrected chi connectivity index (χ4v) is 2.69. The van der Waals surface area contributed by atoms with Crippen molar-refractivity contribution in [2.45, 2.75) is 33.3 Å². The van der Waals surface area contributed by atoms with E-state index in [2.05, 4.69) is 5.32 Å². The van der Waals surface area contributed by atoms with Crippen LogP contribution >= 0.6 is 0 Å². The molecular weight excluding hydrogens is 294 g/mol. The Balaban J connectivity index is 2.09. The molecule has 0 heterocycles. The van der Waals surface area contributed by atoms with Crippen molar-refractivity contribution in [1.82, 2.24) is 5.32 Å². The number of carbonyl (C=O) groups is 3. The molecule has 1 saturated carbocycles. The maximum Gasteiger partial charge on any atom is 0.313 e. The highest BCUT2D eigenvalue weighted by molar-refractivity contribution is 6.24. The average molecular weight is 315 g/mol. The Morgan fingerprint density at radius 3 is 2.26 bits per heavy atom. The van der Waals surface area contributed by atoms with Crippen molar-refractivity contribution in [3.05, 3.63) is 47.2 Å². The molecule has 0 unspecified atom stereocenters. The summed E-state index contributed by atoms with van der Waals surface area (Å²) in [5, 5.41) is 2.82. The number of hydrogen-bond acceptors (Lipinski definition) is 5. The lowest BCUT2D eigenvalue weighted by molar-refractivity contribution is -0.160. The second kappa shape index (κ2) is 6.77. The van der Waals surface area contributed by atoms with Crippen LogP contribution in [0.2, 0.25) is 0 Å². The molecule has 23 heavy (non-hydrogen) atoms. The van der Waals surface area contributed by atoms with E-state index in [9.17, 15) is 14.4 Å². The van der Waals surface area contributed by atoms with Crippen LogP contribution in [-0.4, -0.2) is 24.6 Å². The second-order valence-corrected chi connectivity index (χ2v) is 6.07. The highest BCUT2D eigenvalue weighted by atomic mass is 16.5. The van der Waals surface area contributed by atoms with Gasteiger partial charge in [-0.15, -0.1) is 0 Å². The van der Waals surface area contributed by atoms with Gasteiger partial charge in [0.2, 0.25) is 0 Å². The Labute approximate surface area is 135 Å². The third-order valence-electron chi connectivity index (χ3n) is 4.11. The first-order chi connectivity index (χ1) is 10.9. The van der Waals surface area contributed by atoms with E-state index in [1.165, 1.54) is 0 Å². The van der Waals surface area contributed by atoms with Gasteiger partial charge >= 0.3 is 5.97 Å². The topological polar surface area (TPSA) is 72.5 Å². The molecule has 5 nitrogen and oxygen atoms in total. The minimum absolute atomic E-state index is 0.0132. The van der Waals surface area contributed by atoms with Gasteiger partial charge in [-0.25, -0.2) is 0 Å². The molecule has 0 atom stereocenters. The number of allylic oxidation sites excluding steroid dienone is 2. The smallest absolute Gasteiger partial charge is 0.313 e. The summed E-state index contributed by atoms with van der Waals surface area (Å²) < 4.78 is 5.31. The van der Waals surface area contributed by atoms with Gasteiger partial charge in [0.1, 0.15) is 6.61 Å². The fourth-order valence-electron chi connectivity index (χ4n) is 2.69. The van der Waals surface area contributed by atoms with Crippen LogP contribution in [0.15, 0.2) is 41.6 Å². The van der Waals surface area contributed by atoms with Gasteiger partial charge in [0, 0.05) is 25.6 Å². The predicted molar refractivity (Wildman–Crippen MR) is 85.4 cm³/mol. The first-order valence-electron chi connectivity index (χ1n) is 7.53. The number of Topliss-reactive ketones (excluding diaryl/α,β-unsaturated/α-hetero) is 2. The van der Waals surface area contributed by atoms with Crippen molar-refractivity contribution in [2.75, 3.05) is 7.05 Å². The second-order valence-electron chi connectivity index (χ2n) is 6.07. The van der Waals surface area contributed by atoms with Crippen molar-refractivity contribution in [3.63, 3.8) is 0 Å². The number of esters is 1. The highest BCUT2D eigenvalue weighted by Gasteiger charge is 2.46. The Morgan fingerprint density at radius 2 is 1.74 bits per heavy atom. The molecular formula is C18H21NO4. The van der Waals surface area contributed by atoms with Crippen LogP contribution in [0.1, 0.15) is 32.3 Å².